The molecule has 1 aromatic rings. The maximum absolute atomic E-state index is 5.84. The molecule has 1 saturated heterocycles. The molecule has 82 valence electrons. The Balaban J connectivity index is 2.27. The Labute approximate surface area is 95.1 Å². The first-order valence-corrected chi connectivity index (χ1v) is 5.51. The fourth-order valence-corrected chi connectivity index (χ4v) is 1.94. The summed E-state index contributed by atoms with van der Waals surface area (Å²) >= 11 is 5.84. The lowest BCUT2D eigenvalue weighted by Crippen LogP contribution is -2.23. The number of hydrogen-bond donors (Lipinski definition) is 0. The van der Waals surface area contributed by atoms with Crippen LogP contribution >= 0.6 is 11.6 Å². The Morgan fingerprint density at radius 2 is 1.53 bits per heavy atom. The van der Waals surface area contributed by atoms with Crippen molar-refractivity contribution in [3.8, 4) is 0 Å². The van der Waals surface area contributed by atoms with Gasteiger partial charge in [0.15, 0.2) is 5.79 Å². The minimum absolute atomic E-state index is 0.116. The highest BCUT2D eigenvalue weighted by molar-refractivity contribution is 6.30. The molecule has 1 aromatic carbocycles. The molecule has 0 N–H and O–H groups in total. The number of halogens is 1. The second-order valence-corrected chi connectivity index (χ2v) is 4.53. The van der Waals surface area contributed by atoms with Crippen LogP contribution in [0.15, 0.2) is 24.3 Å². The smallest absolute Gasteiger partial charge is 0.192 e. The van der Waals surface area contributed by atoms with Crippen LogP contribution in [0.4, 0.5) is 0 Å². The maximum Gasteiger partial charge on any atom is 0.192 e. The van der Waals surface area contributed by atoms with Crippen LogP contribution in [0.2, 0.25) is 5.02 Å². The van der Waals surface area contributed by atoms with Gasteiger partial charge in [-0.05, 0) is 32.9 Å². The van der Waals surface area contributed by atoms with Gasteiger partial charge in [0, 0.05) is 10.6 Å². The third kappa shape index (κ3) is 2.03. The van der Waals surface area contributed by atoms with E-state index in [0.717, 1.165) is 10.6 Å². The van der Waals surface area contributed by atoms with E-state index in [0.29, 0.717) is 0 Å². The van der Waals surface area contributed by atoms with E-state index in [9.17, 15) is 0 Å². The Kier molecular flexibility index (Phi) is 2.75. The van der Waals surface area contributed by atoms with Gasteiger partial charge in [-0.1, -0.05) is 23.7 Å². The topological polar surface area (TPSA) is 18.5 Å². The van der Waals surface area contributed by atoms with E-state index in [1.54, 1.807) is 0 Å². The average molecular weight is 227 g/mol. The Morgan fingerprint density at radius 3 is 2.00 bits per heavy atom. The summed E-state index contributed by atoms with van der Waals surface area (Å²) in [5.41, 5.74) is 1.00. The number of hydrogen-bond acceptors (Lipinski definition) is 2. The van der Waals surface area contributed by atoms with Gasteiger partial charge < -0.3 is 9.47 Å². The molecule has 0 amide bonds. The summed E-state index contributed by atoms with van der Waals surface area (Å²) in [6.45, 7) is 5.98. The summed E-state index contributed by atoms with van der Waals surface area (Å²) in [7, 11) is 0. The number of benzene rings is 1. The van der Waals surface area contributed by atoms with Crippen LogP contribution in [0, 0.1) is 0 Å². The average Bonchev–Trinajstić information content (AvgIpc) is 2.43. The van der Waals surface area contributed by atoms with Crippen molar-refractivity contribution in [1.29, 1.82) is 0 Å². The number of rotatable bonds is 1. The molecule has 1 aliphatic heterocycles. The summed E-state index contributed by atoms with van der Waals surface area (Å²) in [6, 6.07) is 7.57. The molecule has 2 rings (SSSR count). The van der Waals surface area contributed by atoms with E-state index in [1.807, 2.05) is 45.0 Å². The Hall–Kier alpha value is -0.570. The van der Waals surface area contributed by atoms with Crippen molar-refractivity contribution in [2.75, 3.05) is 0 Å². The minimum atomic E-state index is -0.635. The summed E-state index contributed by atoms with van der Waals surface area (Å²) in [5, 5.41) is 0.724. The molecule has 3 heteroatoms. The molecule has 1 heterocycles. The van der Waals surface area contributed by atoms with E-state index in [4.69, 9.17) is 21.1 Å². The molecule has 0 aromatic heterocycles. The molecule has 1 aliphatic rings. The SMILES string of the molecule is C[C@H]1OC(C)(c2ccc(Cl)cc2)O[C@@H]1C. The van der Waals surface area contributed by atoms with Crippen LogP contribution in [-0.2, 0) is 15.3 Å². The highest BCUT2D eigenvalue weighted by Gasteiger charge is 2.41. The van der Waals surface area contributed by atoms with E-state index >= 15 is 0 Å². The first-order valence-electron chi connectivity index (χ1n) is 5.13. The predicted octanol–water partition coefficient (Wildman–Crippen LogP) is 3.34. The van der Waals surface area contributed by atoms with Gasteiger partial charge in [-0.3, -0.25) is 0 Å². The largest absolute Gasteiger partial charge is 0.340 e. The highest BCUT2D eigenvalue weighted by atomic mass is 35.5. The Bertz CT molecular complexity index is 337. The maximum atomic E-state index is 5.84. The zero-order valence-corrected chi connectivity index (χ0v) is 9.91. The lowest BCUT2D eigenvalue weighted by Gasteiger charge is -2.23. The van der Waals surface area contributed by atoms with Crippen LogP contribution in [-0.4, -0.2) is 12.2 Å². The Morgan fingerprint density at radius 1 is 1.07 bits per heavy atom. The molecule has 0 aliphatic carbocycles. The lowest BCUT2D eigenvalue weighted by atomic mass is 10.1. The quantitative estimate of drug-likeness (QED) is 0.731. The van der Waals surface area contributed by atoms with Crippen molar-refractivity contribution in [2.45, 2.75) is 38.8 Å². The van der Waals surface area contributed by atoms with Crippen LogP contribution in [0.3, 0.4) is 0 Å². The molecule has 0 spiro atoms. The van der Waals surface area contributed by atoms with Crippen molar-refractivity contribution in [3.63, 3.8) is 0 Å². The van der Waals surface area contributed by atoms with E-state index < -0.39 is 5.79 Å². The molecule has 0 radical (unpaired) electrons. The van der Waals surface area contributed by atoms with Gasteiger partial charge in [-0.25, -0.2) is 0 Å². The molecule has 1 fully saturated rings. The van der Waals surface area contributed by atoms with Gasteiger partial charge in [-0.15, -0.1) is 0 Å². The second-order valence-electron chi connectivity index (χ2n) is 4.10. The summed E-state index contributed by atoms with van der Waals surface area (Å²) < 4.78 is 11.6. The third-order valence-electron chi connectivity index (χ3n) is 2.85. The molecule has 2 nitrogen and oxygen atoms in total. The van der Waals surface area contributed by atoms with Crippen LogP contribution in [0.5, 0.6) is 0 Å². The summed E-state index contributed by atoms with van der Waals surface area (Å²) in [4.78, 5) is 0. The highest BCUT2D eigenvalue weighted by Crippen LogP contribution is 2.37. The van der Waals surface area contributed by atoms with E-state index in [2.05, 4.69) is 0 Å². The van der Waals surface area contributed by atoms with Gasteiger partial charge in [0.2, 0.25) is 0 Å². The summed E-state index contributed by atoms with van der Waals surface area (Å²) in [6.07, 6.45) is 0.233. The van der Waals surface area contributed by atoms with Crippen molar-refractivity contribution in [2.24, 2.45) is 0 Å². The van der Waals surface area contributed by atoms with Crippen molar-refractivity contribution in [1.82, 2.24) is 0 Å². The zero-order valence-electron chi connectivity index (χ0n) is 9.16. The van der Waals surface area contributed by atoms with Gasteiger partial charge in [-0.2, -0.15) is 0 Å². The second kappa shape index (κ2) is 3.78. The van der Waals surface area contributed by atoms with Gasteiger partial charge in [0.1, 0.15) is 0 Å². The predicted molar refractivity (Wildman–Crippen MR) is 59.9 cm³/mol. The minimum Gasteiger partial charge on any atom is -0.340 e. The third-order valence-corrected chi connectivity index (χ3v) is 3.10. The van der Waals surface area contributed by atoms with Crippen LogP contribution in [0.1, 0.15) is 26.3 Å². The fraction of sp³-hybridized carbons (Fsp3) is 0.500. The zero-order chi connectivity index (χ0) is 11.1. The monoisotopic (exact) mass is 226 g/mol. The van der Waals surface area contributed by atoms with Gasteiger partial charge >= 0.3 is 0 Å². The first-order chi connectivity index (χ1) is 7.01. The van der Waals surface area contributed by atoms with Crippen molar-refractivity contribution >= 4 is 11.6 Å². The molecular formula is C12H15ClO2. The molecule has 0 saturated carbocycles. The van der Waals surface area contributed by atoms with Crippen molar-refractivity contribution in [3.05, 3.63) is 34.9 Å². The van der Waals surface area contributed by atoms with Crippen molar-refractivity contribution < 1.29 is 9.47 Å². The van der Waals surface area contributed by atoms with Crippen LogP contribution in [0.25, 0.3) is 0 Å². The summed E-state index contributed by atoms with van der Waals surface area (Å²) in [5.74, 6) is -0.635. The number of ether oxygens (including phenoxy) is 2. The fourth-order valence-electron chi connectivity index (χ4n) is 1.82. The normalized spacial score (nSPS) is 29.3. The van der Waals surface area contributed by atoms with E-state index in [-0.39, 0.29) is 12.2 Å². The first kappa shape index (κ1) is 10.9. The standard InChI is InChI=1S/C12H15ClO2/c1-8-9(2)15-12(3,14-8)10-4-6-11(13)7-5-10/h4-9H,1-3H3/t8-,9-/m1/s1. The van der Waals surface area contributed by atoms with Crippen LogP contribution < -0.4 is 0 Å². The lowest BCUT2D eigenvalue weighted by molar-refractivity contribution is -0.166. The van der Waals surface area contributed by atoms with Gasteiger partial charge in [0.25, 0.3) is 0 Å². The van der Waals surface area contributed by atoms with E-state index in [1.165, 1.54) is 0 Å². The molecule has 15 heavy (non-hydrogen) atoms. The molecular weight excluding hydrogens is 212 g/mol. The molecule has 2 atom stereocenters. The molecule has 0 unspecified atom stereocenters. The molecule has 0 bridgehead atoms. The van der Waals surface area contributed by atoms with Gasteiger partial charge in [0.05, 0.1) is 12.2 Å².